The van der Waals surface area contributed by atoms with Gasteiger partial charge in [0.1, 0.15) is 11.6 Å². The second-order valence-corrected chi connectivity index (χ2v) is 10.4. The maximum Gasteiger partial charge on any atom is 0.410 e. The van der Waals surface area contributed by atoms with E-state index in [0.717, 1.165) is 34.9 Å². The number of piperidine rings is 1. The van der Waals surface area contributed by atoms with Gasteiger partial charge in [0.15, 0.2) is 0 Å². The van der Waals surface area contributed by atoms with Crippen LogP contribution >= 0.6 is 0 Å². The first-order chi connectivity index (χ1) is 17.2. The molecule has 1 atom stereocenters. The van der Waals surface area contributed by atoms with Crippen molar-refractivity contribution in [3.05, 3.63) is 71.8 Å². The van der Waals surface area contributed by atoms with Crippen molar-refractivity contribution in [2.75, 3.05) is 16.8 Å². The van der Waals surface area contributed by atoms with E-state index in [1.54, 1.807) is 4.90 Å². The van der Waals surface area contributed by atoms with Crippen molar-refractivity contribution in [1.82, 2.24) is 4.90 Å². The smallest absolute Gasteiger partial charge is 0.410 e. The van der Waals surface area contributed by atoms with Gasteiger partial charge in [0, 0.05) is 28.6 Å². The van der Waals surface area contributed by atoms with Gasteiger partial charge in [-0.2, -0.15) is 0 Å². The molecule has 3 aromatic carbocycles. The molecule has 36 heavy (non-hydrogen) atoms. The van der Waals surface area contributed by atoms with Gasteiger partial charge in [-0.1, -0.05) is 42.5 Å². The van der Waals surface area contributed by atoms with E-state index in [2.05, 4.69) is 5.32 Å². The fraction of sp³-hybridized carbons (Fsp3) is 0.345. The average molecular weight is 486 g/mol. The third-order valence-corrected chi connectivity index (χ3v) is 6.66. The molecule has 1 fully saturated rings. The lowest BCUT2D eigenvalue weighted by Crippen LogP contribution is -2.51. The van der Waals surface area contributed by atoms with Crippen molar-refractivity contribution in [2.24, 2.45) is 0 Å². The Labute approximate surface area is 211 Å². The summed E-state index contributed by atoms with van der Waals surface area (Å²) in [7, 11) is 0. The summed E-state index contributed by atoms with van der Waals surface area (Å²) in [4.78, 5) is 42.8. The van der Waals surface area contributed by atoms with E-state index in [9.17, 15) is 14.4 Å². The molecule has 0 bridgehead atoms. The number of ether oxygens (including phenoxy) is 1. The highest BCUT2D eigenvalue weighted by Crippen LogP contribution is 2.41. The molecule has 0 aliphatic carbocycles. The maximum absolute atomic E-state index is 13.4. The number of rotatable bonds is 4. The molecule has 1 unspecified atom stereocenters. The van der Waals surface area contributed by atoms with Crippen molar-refractivity contribution in [3.8, 4) is 0 Å². The monoisotopic (exact) mass is 485 g/mol. The number of carbonyl (C=O) groups is 3. The maximum atomic E-state index is 13.4. The first kappa shape index (κ1) is 23.9. The van der Waals surface area contributed by atoms with Crippen LogP contribution in [0.4, 0.5) is 16.2 Å². The molecule has 0 aromatic heterocycles. The highest BCUT2D eigenvalue weighted by Gasteiger charge is 2.36. The molecular weight excluding hydrogens is 454 g/mol. The van der Waals surface area contributed by atoms with Gasteiger partial charge in [-0.15, -0.1) is 0 Å². The number of carbonyl (C=O) groups excluding carboxylic acids is 3. The third kappa shape index (κ3) is 4.53. The van der Waals surface area contributed by atoms with Gasteiger partial charge in [-0.3, -0.25) is 14.5 Å². The largest absolute Gasteiger partial charge is 0.444 e. The molecule has 2 aliphatic heterocycles. The van der Waals surface area contributed by atoms with Crippen LogP contribution in [0.3, 0.4) is 0 Å². The van der Waals surface area contributed by atoms with E-state index in [4.69, 9.17) is 4.74 Å². The first-order valence-electron chi connectivity index (χ1n) is 12.4. The molecule has 2 aliphatic rings. The van der Waals surface area contributed by atoms with Crippen LogP contribution in [0.1, 0.15) is 56.0 Å². The van der Waals surface area contributed by atoms with Gasteiger partial charge in [0.05, 0.1) is 12.2 Å². The van der Waals surface area contributed by atoms with Crippen LogP contribution in [-0.4, -0.2) is 41.0 Å². The Bertz CT molecular complexity index is 1330. The van der Waals surface area contributed by atoms with Crippen molar-refractivity contribution in [1.29, 1.82) is 0 Å². The minimum atomic E-state index is -0.634. The lowest BCUT2D eigenvalue weighted by atomic mass is 10.0. The Hall–Kier alpha value is -3.87. The molecule has 2 heterocycles. The summed E-state index contributed by atoms with van der Waals surface area (Å²) in [6, 6.07) is 18.6. The Kier molecular flexibility index (Phi) is 6.16. The van der Waals surface area contributed by atoms with E-state index >= 15 is 0 Å². The summed E-state index contributed by atoms with van der Waals surface area (Å²) in [5.74, 6) is -0.293. The van der Waals surface area contributed by atoms with Gasteiger partial charge in [-0.05, 0) is 63.8 Å². The number of hydrogen-bond acceptors (Lipinski definition) is 4. The summed E-state index contributed by atoms with van der Waals surface area (Å²) >= 11 is 0. The SMILES string of the molecule is CC(C)(C)OC(=O)N1CCCCC1C(=O)Nc1ccc2c3c(cccc13)C(=O)N2Cc1ccccc1. The van der Waals surface area contributed by atoms with Crippen LogP contribution in [0.2, 0.25) is 0 Å². The summed E-state index contributed by atoms with van der Waals surface area (Å²) in [6.07, 6.45) is 1.81. The molecule has 0 radical (unpaired) electrons. The topological polar surface area (TPSA) is 79.0 Å². The van der Waals surface area contributed by atoms with Gasteiger partial charge >= 0.3 is 6.09 Å². The molecule has 1 saturated heterocycles. The second-order valence-electron chi connectivity index (χ2n) is 10.4. The molecule has 0 spiro atoms. The normalized spacial score (nSPS) is 17.4. The number of nitrogens with one attached hydrogen (secondary N) is 1. The zero-order valence-corrected chi connectivity index (χ0v) is 20.9. The molecule has 7 nitrogen and oxygen atoms in total. The zero-order valence-electron chi connectivity index (χ0n) is 20.9. The van der Waals surface area contributed by atoms with Crippen LogP contribution in [0.25, 0.3) is 10.8 Å². The van der Waals surface area contributed by atoms with Crippen LogP contribution in [0.15, 0.2) is 60.7 Å². The zero-order chi connectivity index (χ0) is 25.4. The molecule has 7 heteroatoms. The molecule has 3 aromatic rings. The number of benzene rings is 3. The number of amides is 3. The average Bonchev–Trinajstić information content (AvgIpc) is 3.12. The quantitative estimate of drug-likeness (QED) is 0.512. The van der Waals surface area contributed by atoms with Crippen LogP contribution in [0, 0.1) is 0 Å². The lowest BCUT2D eigenvalue weighted by molar-refractivity contribution is -0.122. The number of nitrogens with zero attached hydrogens (tertiary/aromatic N) is 2. The van der Waals surface area contributed by atoms with Gasteiger partial charge in [-0.25, -0.2) is 4.79 Å². The van der Waals surface area contributed by atoms with Crippen LogP contribution in [-0.2, 0) is 16.1 Å². The third-order valence-electron chi connectivity index (χ3n) is 6.66. The van der Waals surface area contributed by atoms with Crippen LogP contribution < -0.4 is 10.2 Å². The summed E-state index contributed by atoms with van der Waals surface area (Å²) in [5.41, 5.74) is 2.50. The Morgan fingerprint density at radius 1 is 1.00 bits per heavy atom. The number of likely N-dealkylation sites (tertiary alicyclic amines) is 1. The van der Waals surface area contributed by atoms with Crippen molar-refractivity contribution in [3.63, 3.8) is 0 Å². The predicted octanol–water partition coefficient (Wildman–Crippen LogP) is 5.73. The van der Waals surface area contributed by atoms with Gasteiger partial charge < -0.3 is 15.0 Å². The standard InChI is InChI=1S/C29H31N3O4/c1-29(2,3)36-28(35)31-17-8-7-14-24(31)26(33)30-22-15-16-23-25-20(22)12-9-13-21(25)27(34)32(23)18-19-10-5-4-6-11-19/h4-6,9-13,15-16,24H,7-8,14,17-18H2,1-3H3,(H,30,33). The van der Waals surface area contributed by atoms with E-state index < -0.39 is 17.7 Å². The molecule has 0 saturated carbocycles. The first-order valence-corrected chi connectivity index (χ1v) is 12.4. The van der Waals surface area contributed by atoms with E-state index in [1.165, 1.54) is 4.90 Å². The molecule has 186 valence electrons. The fourth-order valence-corrected chi connectivity index (χ4v) is 5.04. The minimum absolute atomic E-state index is 0.0497. The second kappa shape index (κ2) is 9.30. The fourth-order valence-electron chi connectivity index (χ4n) is 5.04. The van der Waals surface area contributed by atoms with Gasteiger partial charge in [0.2, 0.25) is 5.91 Å². The number of anilines is 2. The Morgan fingerprint density at radius 3 is 2.53 bits per heavy atom. The van der Waals surface area contributed by atoms with Gasteiger partial charge in [0.25, 0.3) is 5.91 Å². The van der Waals surface area contributed by atoms with E-state index in [0.29, 0.717) is 30.8 Å². The van der Waals surface area contributed by atoms with E-state index in [-0.39, 0.29) is 11.8 Å². The molecular formula is C29H31N3O4. The minimum Gasteiger partial charge on any atom is -0.444 e. The predicted molar refractivity (Wildman–Crippen MR) is 140 cm³/mol. The lowest BCUT2D eigenvalue weighted by Gasteiger charge is -2.35. The molecule has 1 N–H and O–H groups in total. The van der Waals surface area contributed by atoms with Crippen molar-refractivity contribution >= 4 is 40.1 Å². The highest BCUT2D eigenvalue weighted by molar-refractivity contribution is 6.27. The highest BCUT2D eigenvalue weighted by atomic mass is 16.6. The molecule has 5 rings (SSSR count). The summed E-state index contributed by atoms with van der Waals surface area (Å²) < 4.78 is 5.55. The Morgan fingerprint density at radius 2 is 1.78 bits per heavy atom. The Balaban J connectivity index is 1.42. The van der Waals surface area contributed by atoms with Crippen molar-refractivity contribution < 1.29 is 19.1 Å². The number of hydrogen-bond donors (Lipinski definition) is 1. The van der Waals surface area contributed by atoms with Crippen LogP contribution in [0.5, 0.6) is 0 Å². The summed E-state index contributed by atoms with van der Waals surface area (Å²) in [6.45, 7) is 6.42. The van der Waals surface area contributed by atoms with E-state index in [1.807, 2.05) is 81.4 Å². The van der Waals surface area contributed by atoms with Crippen molar-refractivity contribution in [2.45, 2.75) is 58.2 Å². The summed E-state index contributed by atoms with van der Waals surface area (Å²) in [5, 5.41) is 4.69. The molecule has 3 amide bonds.